The predicted octanol–water partition coefficient (Wildman–Crippen LogP) is 3.18. The normalized spacial score (nSPS) is 25.7. The van der Waals surface area contributed by atoms with Crippen LogP contribution in [0.15, 0.2) is 42.4 Å². The molecule has 4 heteroatoms. The van der Waals surface area contributed by atoms with Crippen LogP contribution in [-0.2, 0) is 16.0 Å². The molecule has 0 unspecified atom stereocenters. The van der Waals surface area contributed by atoms with Crippen molar-refractivity contribution in [1.29, 1.82) is 0 Å². The highest BCUT2D eigenvalue weighted by atomic mass is 16.4. The molecule has 2 rings (SSSR count). The number of hydrogen-bond donors (Lipinski definition) is 2. The number of rotatable bonds is 6. The minimum Gasteiger partial charge on any atom is -0.480 e. The summed E-state index contributed by atoms with van der Waals surface area (Å²) >= 11 is 0. The number of allylic oxidation sites excluding steroid dienone is 1. The molecule has 0 bridgehead atoms. The quantitative estimate of drug-likeness (QED) is 0.791. The van der Waals surface area contributed by atoms with E-state index in [1.54, 1.807) is 24.3 Å². The van der Waals surface area contributed by atoms with Crippen molar-refractivity contribution in [2.75, 3.05) is 0 Å². The lowest BCUT2D eigenvalue weighted by molar-refractivity contribution is -0.142. The van der Waals surface area contributed by atoms with Crippen LogP contribution >= 0.6 is 0 Å². The summed E-state index contributed by atoms with van der Waals surface area (Å²) in [6.07, 6.45) is 1.78. The molecule has 0 aromatic heterocycles. The molecular formula is C19H25NO3. The fraction of sp³-hybridized carbons (Fsp3) is 0.474. The molecule has 1 aromatic rings. The van der Waals surface area contributed by atoms with Gasteiger partial charge in [0.05, 0.1) is 2.74 Å². The zero-order valence-electron chi connectivity index (χ0n) is 17.9. The fourth-order valence-electron chi connectivity index (χ4n) is 2.98. The first-order valence-corrected chi connectivity index (χ1v) is 7.84. The number of amides is 1. The summed E-state index contributed by atoms with van der Waals surface area (Å²) in [5, 5.41) is 12.0. The van der Waals surface area contributed by atoms with Crippen LogP contribution in [0.3, 0.4) is 0 Å². The summed E-state index contributed by atoms with van der Waals surface area (Å²) in [6.45, 7) is -3.16. The SMILES string of the molecule is [2H]C([2H])=C(C1CCC(C(=O)N[C@H](Cc2ccccc2)C(=O)O)CC1)C([2H])([2H])[2H]. The summed E-state index contributed by atoms with van der Waals surface area (Å²) in [4.78, 5) is 24.1. The van der Waals surface area contributed by atoms with E-state index in [0.29, 0.717) is 25.7 Å². The van der Waals surface area contributed by atoms with E-state index in [-0.39, 0.29) is 17.9 Å². The Balaban J connectivity index is 1.97. The van der Waals surface area contributed by atoms with Crippen molar-refractivity contribution in [3.8, 4) is 0 Å². The zero-order valence-corrected chi connectivity index (χ0v) is 12.9. The molecule has 124 valence electrons. The summed E-state index contributed by atoms with van der Waals surface area (Å²) in [5.74, 6) is -2.27. The Kier molecular flexibility index (Phi) is 3.95. The van der Waals surface area contributed by atoms with E-state index in [4.69, 9.17) is 6.85 Å². The molecule has 1 fully saturated rings. The number of benzene rings is 1. The van der Waals surface area contributed by atoms with Crippen LogP contribution in [-0.4, -0.2) is 23.0 Å². The number of nitrogens with one attached hydrogen (secondary N) is 1. The van der Waals surface area contributed by atoms with E-state index in [0.717, 1.165) is 5.56 Å². The average Bonchev–Trinajstić information content (AvgIpc) is 2.61. The lowest BCUT2D eigenvalue weighted by atomic mass is 9.79. The van der Waals surface area contributed by atoms with Gasteiger partial charge in [-0.05, 0) is 44.0 Å². The van der Waals surface area contributed by atoms with Crippen molar-refractivity contribution in [2.24, 2.45) is 11.8 Å². The number of carboxylic acid groups (broad SMARTS) is 1. The van der Waals surface area contributed by atoms with Gasteiger partial charge >= 0.3 is 5.97 Å². The Labute approximate surface area is 144 Å². The minimum absolute atomic E-state index is 0.154. The fourth-order valence-corrected chi connectivity index (χ4v) is 2.98. The molecule has 2 N–H and O–H groups in total. The lowest BCUT2D eigenvalue weighted by Gasteiger charge is -2.29. The number of carbonyl (C=O) groups excluding carboxylic acids is 1. The molecule has 4 nitrogen and oxygen atoms in total. The third kappa shape index (κ3) is 4.95. The molecule has 0 spiro atoms. The van der Waals surface area contributed by atoms with Gasteiger partial charge in [-0.25, -0.2) is 4.79 Å². The van der Waals surface area contributed by atoms with Gasteiger partial charge in [0.15, 0.2) is 0 Å². The summed E-state index contributed by atoms with van der Waals surface area (Å²) in [7, 11) is 0. The van der Waals surface area contributed by atoms with Crippen LogP contribution in [0.5, 0.6) is 0 Å². The summed E-state index contributed by atoms with van der Waals surface area (Å²) in [5.41, 5.74) is 0.656. The maximum atomic E-state index is 12.5. The van der Waals surface area contributed by atoms with Crippen LogP contribution in [0.4, 0.5) is 0 Å². The van der Waals surface area contributed by atoms with Crippen LogP contribution in [0, 0.1) is 11.8 Å². The van der Waals surface area contributed by atoms with Crippen molar-refractivity contribution in [2.45, 2.75) is 45.0 Å². The standard InChI is InChI=1S/C19H25NO3/c1-13(2)15-8-10-16(11-9-15)18(21)20-17(19(22)23)12-14-6-4-3-5-7-14/h3-7,15-17H,1,8-12H2,2H3,(H,20,21)(H,22,23)/t15?,16?,17-/m1/s1/i1D2,2D3. The average molecular weight is 320 g/mol. The Bertz CT molecular complexity index is 721. The van der Waals surface area contributed by atoms with E-state index < -0.39 is 37.2 Å². The van der Waals surface area contributed by atoms with Crippen LogP contribution < -0.4 is 5.32 Å². The second kappa shape index (κ2) is 7.95. The second-order valence-electron chi connectivity index (χ2n) is 6.05. The summed E-state index contributed by atoms with van der Waals surface area (Å²) in [6, 6.07) is 8.01. The topological polar surface area (TPSA) is 66.4 Å². The number of aliphatic carboxylic acids is 1. The number of carbonyl (C=O) groups is 2. The molecule has 0 radical (unpaired) electrons. The maximum absolute atomic E-state index is 12.5. The zero-order chi connectivity index (χ0) is 20.9. The van der Waals surface area contributed by atoms with Crippen LogP contribution in [0.2, 0.25) is 0 Å². The molecule has 1 aliphatic carbocycles. The number of hydrogen-bond acceptors (Lipinski definition) is 2. The van der Waals surface area contributed by atoms with Gasteiger partial charge in [0.2, 0.25) is 5.91 Å². The highest BCUT2D eigenvalue weighted by Crippen LogP contribution is 2.32. The van der Waals surface area contributed by atoms with Gasteiger partial charge in [-0.1, -0.05) is 42.4 Å². The molecule has 0 saturated heterocycles. The molecule has 1 aromatic carbocycles. The van der Waals surface area contributed by atoms with Gasteiger partial charge < -0.3 is 10.4 Å². The van der Waals surface area contributed by atoms with Gasteiger partial charge in [-0.2, -0.15) is 0 Å². The molecule has 1 aliphatic rings. The summed E-state index contributed by atoms with van der Waals surface area (Å²) < 4.78 is 37.5. The Morgan fingerprint density at radius 1 is 1.30 bits per heavy atom. The molecule has 0 heterocycles. The van der Waals surface area contributed by atoms with Gasteiger partial charge in [0.25, 0.3) is 0 Å². The van der Waals surface area contributed by atoms with Crippen molar-refractivity contribution in [3.63, 3.8) is 0 Å². The minimum atomic E-state index is -2.48. The molecule has 1 amide bonds. The Morgan fingerprint density at radius 2 is 1.96 bits per heavy atom. The Hall–Kier alpha value is -2.10. The third-order valence-electron chi connectivity index (χ3n) is 4.40. The van der Waals surface area contributed by atoms with E-state index in [1.165, 1.54) is 0 Å². The predicted molar refractivity (Wildman–Crippen MR) is 90.0 cm³/mol. The first-order chi connectivity index (χ1) is 13.1. The van der Waals surface area contributed by atoms with Gasteiger partial charge in [0, 0.05) is 16.5 Å². The second-order valence-corrected chi connectivity index (χ2v) is 6.05. The molecule has 1 saturated carbocycles. The largest absolute Gasteiger partial charge is 0.480 e. The lowest BCUT2D eigenvalue weighted by Crippen LogP contribution is -2.45. The monoisotopic (exact) mass is 320 g/mol. The first kappa shape index (κ1) is 11.4. The van der Waals surface area contributed by atoms with E-state index in [1.807, 2.05) is 6.07 Å². The van der Waals surface area contributed by atoms with Crippen molar-refractivity contribution < 1.29 is 21.5 Å². The first-order valence-electron chi connectivity index (χ1n) is 10.3. The van der Waals surface area contributed by atoms with E-state index in [9.17, 15) is 14.7 Å². The van der Waals surface area contributed by atoms with Crippen LogP contribution in [0.1, 0.15) is 45.0 Å². The highest BCUT2D eigenvalue weighted by Gasteiger charge is 2.29. The number of carboxylic acids is 1. The smallest absolute Gasteiger partial charge is 0.326 e. The van der Waals surface area contributed by atoms with Crippen molar-refractivity contribution in [3.05, 3.63) is 48.0 Å². The molecular weight excluding hydrogens is 290 g/mol. The maximum Gasteiger partial charge on any atom is 0.326 e. The van der Waals surface area contributed by atoms with Gasteiger partial charge in [-0.15, -0.1) is 0 Å². The van der Waals surface area contributed by atoms with Crippen molar-refractivity contribution in [1.82, 2.24) is 5.32 Å². The van der Waals surface area contributed by atoms with Gasteiger partial charge in [-0.3, -0.25) is 4.79 Å². The molecule has 23 heavy (non-hydrogen) atoms. The van der Waals surface area contributed by atoms with Gasteiger partial charge in [0.1, 0.15) is 6.04 Å². The van der Waals surface area contributed by atoms with E-state index >= 15 is 0 Å². The Morgan fingerprint density at radius 3 is 2.52 bits per heavy atom. The van der Waals surface area contributed by atoms with E-state index in [2.05, 4.69) is 5.32 Å². The van der Waals surface area contributed by atoms with Crippen LogP contribution in [0.25, 0.3) is 0 Å². The van der Waals surface area contributed by atoms with Crippen molar-refractivity contribution >= 4 is 11.9 Å². The molecule has 1 atom stereocenters. The third-order valence-corrected chi connectivity index (χ3v) is 4.40. The highest BCUT2D eigenvalue weighted by molar-refractivity contribution is 5.85. The molecule has 0 aliphatic heterocycles.